The zero-order valence-electron chi connectivity index (χ0n) is 13.5. The summed E-state index contributed by atoms with van der Waals surface area (Å²) < 4.78 is 5.37. The maximum absolute atomic E-state index is 12.1. The Morgan fingerprint density at radius 1 is 1.57 bits per heavy atom. The molecule has 21 heavy (non-hydrogen) atoms. The van der Waals surface area contributed by atoms with Crippen molar-refractivity contribution >= 4 is 6.09 Å². The highest BCUT2D eigenvalue weighted by Crippen LogP contribution is 2.34. The van der Waals surface area contributed by atoms with E-state index in [4.69, 9.17) is 4.74 Å². The van der Waals surface area contributed by atoms with Crippen molar-refractivity contribution in [2.75, 3.05) is 26.7 Å². The molecule has 0 aromatic rings. The lowest BCUT2D eigenvalue weighted by molar-refractivity contribution is 0.00423. The minimum Gasteiger partial charge on any atom is -0.444 e. The Balaban J connectivity index is 2.72. The first-order valence-corrected chi connectivity index (χ1v) is 7.43. The Morgan fingerprint density at radius 3 is 2.76 bits per heavy atom. The Kier molecular flexibility index (Phi) is 5.99. The molecule has 0 spiro atoms. The van der Waals surface area contributed by atoms with Crippen molar-refractivity contribution in [2.45, 2.75) is 51.7 Å². The lowest BCUT2D eigenvalue weighted by Crippen LogP contribution is -2.48. The first-order valence-electron chi connectivity index (χ1n) is 7.43. The van der Waals surface area contributed by atoms with Crippen LogP contribution in [0.2, 0.25) is 0 Å². The number of carbonyl (C=O) groups is 1. The van der Waals surface area contributed by atoms with Gasteiger partial charge in [0, 0.05) is 19.6 Å². The van der Waals surface area contributed by atoms with Gasteiger partial charge in [0.15, 0.2) is 0 Å². The van der Waals surface area contributed by atoms with E-state index >= 15 is 0 Å². The van der Waals surface area contributed by atoms with Crippen molar-refractivity contribution in [1.29, 1.82) is 5.26 Å². The molecule has 1 rings (SSSR count). The Hall–Kier alpha value is -1.32. The van der Waals surface area contributed by atoms with Crippen LogP contribution in [-0.4, -0.2) is 54.5 Å². The molecular formula is C15H27N3O3. The van der Waals surface area contributed by atoms with Crippen molar-refractivity contribution < 1.29 is 14.6 Å². The second-order valence-corrected chi connectivity index (χ2v) is 6.81. The van der Waals surface area contributed by atoms with Crippen LogP contribution >= 0.6 is 0 Å². The number of nitrogens with one attached hydrogen (secondary N) is 1. The van der Waals surface area contributed by atoms with E-state index in [0.29, 0.717) is 32.5 Å². The van der Waals surface area contributed by atoms with Crippen LogP contribution in [0.25, 0.3) is 0 Å². The van der Waals surface area contributed by atoms with Crippen LogP contribution in [0.15, 0.2) is 0 Å². The normalized spacial score (nSPS) is 24.3. The summed E-state index contributed by atoms with van der Waals surface area (Å²) in [6, 6.07) is 2.32. The average molecular weight is 297 g/mol. The predicted molar refractivity (Wildman–Crippen MR) is 79.6 cm³/mol. The van der Waals surface area contributed by atoms with Gasteiger partial charge in [0.2, 0.25) is 0 Å². The summed E-state index contributed by atoms with van der Waals surface area (Å²) in [6.07, 6.45) is 0.838. The van der Waals surface area contributed by atoms with Crippen LogP contribution in [0, 0.1) is 16.7 Å². The van der Waals surface area contributed by atoms with E-state index in [1.54, 1.807) is 11.9 Å². The number of nitriles is 1. The molecular weight excluding hydrogens is 270 g/mol. The third kappa shape index (κ3) is 5.52. The van der Waals surface area contributed by atoms with Gasteiger partial charge in [-0.15, -0.1) is 0 Å². The molecule has 2 N–H and O–H groups in total. The number of ether oxygens (including phenoxy) is 1. The molecule has 0 unspecified atom stereocenters. The molecule has 0 aliphatic carbocycles. The summed E-state index contributed by atoms with van der Waals surface area (Å²) in [5.74, 6) is 0. The number of amides is 1. The van der Waals surface area contributed by atoms with E-state index in [0.717, 1.165) is 6.42 Å². The number of likely N-dealkylation sites (tertiary alicyclic amines) is 1. The van der Waals surface area contributed by atoms with Gasteiger partial charge in [0.25, 0.3) is 0 Å². The van der Waals surface area contributed by atoms with Crippen molar-refractivity contribution in [3.8, 4) is 6.07 Å². The highest BCUT2D eigenvalue weighted by molar-refractivity contribution is 5.68. The van der Waals surface area contributed by atoms with Gasteiger partial charge in [-0.2, -0.15) is 5.26 Å². The summed E-state index contributed by atoms with van der Waals surface area (Å²) >= 11 is 0. The lowest BCUT2D eigenvalue weighted by atomic mass is 9.77. The largest absolute Gasteiger partial charge is 0.444 e. The van der Waals surface area contributed by atoms with Crippen molar-refractivity contribution in [2.24, 2.45) is 5.41 Å². The molecule has 1 fully saturated rings. The Morgan fingerprint density at radius 2 is 2.24 bits per heavy atom. The number of nitrogens with zero attached hydrogens (tertiary/aromatic N) is 2. The van der Waals surface area contributed by atoms with Gasteiger partial charge in [0.1, 0.15) is 5.60 Å². The summed E-state index contributed by atoms with van der Waals surface area (Å²) in [7, 11) is 1.76. The number of rotatable bonds is 4. The van der Waals surface area contributed by atoms with Gasteiger partial charge in [-0.05, 0) is 47.1 Å². The van der Waals surface area contributed by atoms with Gasteiger partial charge in [-0.25, -0.2) is 4.79 Å². The maximum atomic E-state index is 12.1. The molecule has 0 saturated carbocycles. The number of aliphatic hydroxyl groups is 1. The third-order valence-corrected chi connectivity index (χ3v) is 3.53. The van der Waals surface area contributed by atoms with Crippen LogP contribution < -0.4 is 5.32 Å². The molecule has 0 aromatic carbocycles. The number of carbonyl (C=O) groups excluding carboxylic acids is 1. The smallest absolute Gasteiger partial charge is 0.410 e. The minimum atomic E-state index is -0.689. The molecule has 1 amide bonds. The molecule has 0 bridgehead atoms. The molecule has 6 heteroatoms. The van der Waals surface area contributed by atoms with Crippen LogP contribution in [0.1, 0.15) is 40.0 Å². The molecule has 0 radical (unpaired) electrons. The number of aliphatic hydroxyl groups excluding tert-OH is 1. The summed E-state index contributed by atoms with van der Waals surface area (Å²) in [5.41, 5.74) is -1.24. The van der Waals surface area contributed by atoms with E-state index in [9.17, 15) is 15.2 Å². The molecule has 1 aliphatic rings. The van der Waals surface area contributed by atoms with Gasteiger partial charge in [-0.3, -0.25) is 0 Å². The van der Waals surface area contributed by atoms with E-state index in [1.165, 1.54) is 0 Å². The van der Waals surface area contributed by atoms with Crippen molar-refractivity contribution in [1.82, 2.24) is 10.2 Å². The fourth-order valence-corrected chi connectivity index (χ4v) is 2.68. The number of likely N-dealkylation sites (N-methyl/N-ethyl adjacent to an activating group) is 1. The first kappa shape index (κ1) is 17.7. The molecule has 2 atom stereocenters. The third-order valence-electron chi connectivity index (χ3n) is 3.53. The summed E-state index contributed by atoms with van der Waals surface area (Å²) in [5, 5.41) is 22.4. The van der Waals surface area contributed by atoms with E-state index in [1.807, 2.05) is 20.8 Å². The van der Waals surface area contributed by atoms with Crippen LogP contribution in [0.3, 0.4) is 0 Å². The monoisotopic (exact) mass is 297 g/mol. The Bertz CT molecular complexity index is 400. The topological polar surface area (TPSA) is 85.6 Å². The van der Waals surface area contributed by atoms with Gasteiger partial charge in [0.05, 0.1) is 17.6 Å². The number of hydrogen-bond acceptors (Lipinski definition) is 5. The van der Waals surface area contributed by atoms with E-state index in [-0.39, 0.29) is 6.09 Å². The fraction of sp³-hybridized carbons (Fsp3) is 0.867. The highest BCUT2D eigenvalue weighted by atomic mass is 16.6. The first-order chi connectivity index (χ1) is 9.71. The van der Waals surface area contributed by atoms with E-state index in [2.05, 4.69) is 11.4 Å². The standard InChI is InChI=1S/C15H27N3O3/c1-14(2,3)21-13(20)18-7-5-6-15(10-16,11-18)8-12(19)9-17-4/h12,17,19H,5-9,11H2,1-4H3/t12-,15-/m0/s1. The SMILES string of the molecule is CNC[C@@H](O)C[C@]1(C#N)CCCN(C(=O)OC(C)(C)C)C1. The highest BCUT2D eigenvalue weighted by Gasteiger charge is 2.40. The van der Waals surface area contributed by atoms with Crippen molar-refractivity contribution in [3.05, 3.63) is 0 Å². The van der Waals surface area contributed by atoms with E-state index < -0.39 is 17.1 Å². The summed E-state index contributed by atoms with van der Waals surface area (Å²) in [6.45, 7) is 6.82. The fourth-order valence-electron chi connectivity index (χ4n) is 2.68. The molecule has 1 aliphatic heterocycles. The Labute approximate surface area is 127 Å². The van der Waals surface area contributed by atoms with Crippen LogP contribution in [0.5, 0.6) is 0 Å². The summed E-state index contributed by atoms with van der Waals surface area (Å²) in [4.78, 5) is 13.7. The minimum absolute atomic E-state index is 0.319. The predicted octanol–water partition coefficient (Wildman–Crippen LogP) is 1.50. The molecule has 1 saturated heterocycles. The van der Waals surface area contributed by atoms with Crippen molar-refractivity contribution in [3.63, 3.8) is 0 Å². The molecule has 0 aromatic heterocycles. The lowest BCUT2D eigenvalue weighted by Gasteiger charge is -2.39. The van der Waals surface area contributed by atoms with Crippen LogP contribution in [0.4, 0.5) is 4.79 Å². The number of hydrogen-bond donors (Lipinski definition) is 2. The second-order valence-electron chi connectivity index (χ2n) is 6.81. The quantitative estimate of drug-likeness (QED) is 0.821. The zero-order valence-corrected chi connectivity index (χ0v) is 13.5. The second kappa shape index (κ2) is 7.10. The van der Waals surface area contributed by atoms with Crippen LogP contribution in [-0.2, 0) is 4.74 Å². The molecule has 120 valence electrons. The average Bonchev–Trinajstić information content (AvgIpc) is 2.37. The number of piperidine rings is 1. The molecule has 1 heterocycles. The van der Waals surface area contributed by atoms with Gasteiger partial charge >= 0.3 is 6.09 Å². The zero-order chi connectivity index (χ0) is 16.1. The van der Waals surface area contributed by atoms with Gasteiger partial charge < -0.3 is 20.1 Å². The van der Waals surface area contributed by atoms with Gasteiger partial charge in [-0.1, -0.05) is 0 Å². The maximum Gasteiger partial charge on any atom is 0.410 e. The molecule has 6 nitrogen and oxygen atoms in total.